The number of aliphatic carboxylic acids is 1. The van der Waals surface area contributed by atoms with Crippen molar-refractivity contribution in [2.75, 3.05) is 0 Å². The Labute approximate surface area is 158 Å². The maximum Gasteiger partial charge on any atom is 0.321 e. The second-order valence-corrected chi connectivity index (χ2v) is 6.42. The number of benzene rings is 2. The zero-order valence-electron chi connectivity index (χ0n) is 14.8. The molecule has 0 aliphatic rings. The summed E-state index contributed by atoms with van der Waals surface area (Å²) in [6, 6.07) is 22.0. The Morgan fingerprint density at radius 3 is 2.19 bits per heavy atom. The minimum Gasteiger partial charge on any atom is -0.506 e. The highest BCUT2D eigenvalue weighted by molar-refractivity contribution is 5.74. The first kappa shape index (κ1) is 18.6. The van der Waals surface area contributed by atoms with Crippen LogP contribution in [0.4, 0.5) is 0 Å². The lowest BCUT2D eigenvalue weighted by Gasteiger charge is -2.24. The number of nitrogens with one attached hydrogen (secondary N) is 1. The minimum absolute atomic E-state index is 0.0600. The van der Waals surface area contributed by atoms with Gasteiger partial charge in [0.15, 0.2) is 0 Å². The van der Waals surface area contributed by atoms with E-state index < -0.39 is 12.0 Å². The number of carboxylic acids is 1. The van der Waals surface area contributed by atoms with Gasteiger partial charge in [-0.25, -0.2) is 0 Å². The number of rotatable bonds is 8. The normalized spacial score (nSPS) is 13.0. The molecular weight excluding hydrogens is 340 g/mol. The largest absolute Gasteiger partial charge is 0.506 e. The van der Waals surface area contributed by atoms with E-state index in [4.69, 9.17) is 0 Å². The van der Waals surface area contributed by atoms with E-state index in [-0.39, 0.29) is 18.2 Å². The fraction of sp³-hybridized carbons (Fsp3) is 0.182. The second-order valence-electron chi connectivity index (χ2n) is 6.42. The molecule has 5 heteroatoms. The summed E-state index contributed by atoms with van der Waals surface area (Å²) >= 11 is 0. The molecule has 0 saturated carbocycles. The molecule has 0 fully saturated rings. The monoisotopic (exact) mass is 362 g/mol. The van der Waals surface area contributed by atoms with Gasteiger partial charge in [0.1, 0.15) is 11.8 Å². The van der Waals surface area contributed by atoms with Crippen molar-refractivity contribution in [1.29, 1.82) is 0 Å². The van der Waals surface area contributed by atoms with Crippen molar-refractivity contribution in [2.45, 2.75) is 24.9 Å². The van der Waals surface area contributed by atoms with Crippen LogP contribution in [0.25, 0.3) is 0 Å². The highest BCUT2D eigenvalue weighted by atomic mass is 16.4. The molecular formula is C22H22N2O3. The maximum absolute atomic E-state index is 11.9. The average Bonchev–Trinajstić information content (AvgIpc) is 2.70. The van der Waals surface area contributed by atoms with Crippen LogP contribution in [0.1, 0.15) is 22.9 Å². The fourth-order valence-electron chi connectivity index (χ4n) is 3.02. The Balaban J connectivity index is 1.81. The third-order valence-electron chi connectivity index (χ3n) is 4.41. The Hall–Kier alpha value is -3.18. The average molecular weight is 362 g/mol. The zero-order valence-corrected chi connectivity index (χ0v) is 14.8. The van der Waals surface area contributed by atoms with Gasteiger partial charge in [-0.05, 0) is 29.7 Å². The molecule has 0 aliphatic carbocycles. The summed E-state index contributed by atoms with van der Waals surface area (Å²) in [7, 11) is 0. The van der Waals surface area contributed by atoms with Gasteiger partial charge in [0.05, 0.1) is 6.20 Å². The first-order chi connectivity index (χ1) is 13.1. The molecule has 3 rings (SSSR count). The van der Waals surface area contributed by atoms with Gasteiger partial charge in [-0.3, -0.25) is 15.1 Å². The number of aromatic hydroxyl groups is 1. The fourth-order valence-corrected chi connectivity index (χ4v) is 3.02. The summed E-state index contributed by atoms with van der Waals surface area (Å²) < 4.78 is 0. The van der Waals surface area contributed by atoms with Crippen LogP contribution in [0.2, 0.25) is 0 Å². The first-order valence-electron chi connectivity index (χ1n) is 8.83. The number of nitrogens with zero attached hydrogens (tertiary/aromatic N) is 1. The van der Waals surface area contributed by atoms with Crippen molar-refractivity contribution in [2.24, 2.45) is 0 Å². The van der Waals surface area contributed by atoms with Crippen LogP contribution in [0.15, 0.2) is 79.0 Å². The van der Waals surface area contributed by atoms with E-state index in [9.17, 15) is 15.0 Å². The van der Waals surface area contributed by atoms with Crippen LogP contribution in [0.5, 0.6) is 5.75 Å². The predicted molar refractivity (Wildman–Crippen MR) is 103 cm³/mol. The number of hydrogen-bond acceptors (Lipinski definition) is 4. The Morgan fingerprint density at radius 2 is 1.59 bits per heavy atom. The summed E-state index contributed by atoms with van der Waals surface area (Å²) in [5.74, 6) is -0.872. The van der Waals surface area contributed by atoms with Gasteiger partial charge < -0.3 is 10.2 Å². The third kappa shape index (κ3) is 5.39. The van der Waals surface area contributed by atoms with E-state index in [1.165, 1.54) is 12.3 Å². The Kier molecular flexibility index (Phi) is 6.18. The SMILES string of the molecule is O=C(O)[C@H](Cc1ccc(O)cn1)N[C@H](Cc1ccccc1)c1ccccc1. The van der Waals surface area contributed by atoms with Crippen LogP contribution in [-0.4, -0.2) is 27.2 Å². The summed E-state index contributed by atoms with van der Waals surface area (Å²) in [6.45, 7) is 0. The molecule has 0 spiro atoms. The van der Waals surface area contributed by atoms with E-state index in [1.807, 2.05) is 60.7 Å². The van der Waals surface area contributed by atoms with Crippen LogP contribution in [0, 0.1) is 0 Å². The molecule has 0 radical (unpaired) electrons. The van der Waals surface area contributed by atoms with Gasteiger partial charge in [-0.2, -0.15) is 0 Å². The third-order valence-corrected chi connectivity index (χ3v) is 4.41. The lowest BCUT2D eigenvalue weighted by molar-refractivity contribution is -0.139. The molecule has 1 aromatic heterocycles. The van der Waals surface area contributed by atoms with Gasteiger partial charge in [0, 0.05) is 18.2 Å². The van der Waals surface area contributed by atoms with Crippen molar-refractivity contribution in [1.82, 2.24) is 10.3 Å². The van der Waals surface area contributed by atoms with Gasteiger partial charge in [-0.15, -0.1) is 0 Å². The number of hydrogen-bond donors (Lipinski definition) is 3. The quantitative estimate of drug-likeness (QED) is 0.572. The Morgan fingerprint density at radius 1 is 0.926 bits per heavy atom. The van der Waals surface area contributed by atoms with Crippen LogP contribution < -0.4 is 5.32 Å². The molecule has 1 heterocycles. The number of carboxylic acid groups (broad SMARTS) is 1. The van der Waals surface area contributed by atoms with Gasteiger partial charge in [-0.1, -0.05) is 60.7 Å². The van der Waals surface area contributed by atoms with Gasteiger partial charge in [0.25, 0.3) is 0 Å². The van der Waals surface area contributed by atoms with Crippen molar-refractivity contribution >= 4 is 5.97 Å². The molecule has 2 atom stereocenters. The van der Waals surface area contributed by atoms with Crippen molar-refractivity contribution in [3.63, 3.8) is 0 Å². The van der Waals surface area contributed by atoms with Crippen LogP contribution >= 0.6 is 0 Å². The standard InChI is InChI=1S/C22H22N2O3/c25-19-12-11-18(23-15-19)14-21(22(26)27)24-20(17-9-5-2-6-10-17)13-16-7-3-1-4-8-16/h1-12,15,20-21,24-25H,13-14H2,(H,26,27)/t20-,21+/m1/s1. The predicted octanol–water partition coefficient (Wildman–Crippen LogP) is 3.36. The van der Waals surface area contributed by atoms with Gasteiger partial charge in [0.2, 0.25) is 0 Å². The second kappa shape index (κ2) is 8.96. The topological polar surface area (TPSA) is 82.5 Å². The molecule has 138 valence electrons. The summed E-state index contributed by atoms with van der Waals surface area (Å²) in [4.78, 5) is 16.0. The Bertz CT molecular complexity index is 852. The van der Waals surface area contributed by atoms with E-state index in [0.717, 1.165) is 11.1 Å². The number of carbonyl (C=O) groups is 1. The molecule has 5 nitrogen and oxygen atoms in total. The number of aromatic nitrogens is 1. The minimum atomic E-state index is -0.932. The highest BCUT2D eigenvalue weighted by Gasteiger charge is 2.23. The van der Waals surface area contributed by atoms with E-state index in [1.54, 1.807) is 6.07 Å². The van der Waals surface area contributed by atoms with Crippen LogP contribution in [0.3, 0.4) is 0 Å². The molecule has 0 saturated heterocycles. The first-order valence-corrected chi connectivity index (χ1v) is 8.83. The summed E-state index contributed by atoms with van der Waals surface area (Å²) in [5, 5.41) is 22.4. The number of pyridine rings is 1. The molecule has 0 amide bonds. The lowest BCUT2D eigenvalue weighted by Crippen LogP contribution is -2.41. The van der Waals surface area contributed by atoms with Crippen molar-refractivity contribution in [3.8, 4) is 5.75 Å². The molecule has 3 N–H and O–H groups in total. The summed E-state index contributed by atoms with van der Waals surface area (Å²) in [6.07, 6.45) is 2.23. The summed E-state index contributed by atoms with van der Waals surface area (Å²) in [5.41, 5.74) is 2.77. The molecule has 3 aromatic rings. The zero-order chi connectivity index (χ0) is 19.1. The van der Waals surface area contributed by atoms with E-state index in [0.29, 0.717) is 12.1 Å². The molecule has 0 bridgehead atoms. The van der Waals surface area contributed by atoms with Crippen molar-refractivity contribution in [3.05, 3.63) is 95.8 Å². The smallest absolute Gasteiger partial charge is 0.321 e. The molecule has 27 heavy (non-hydrogen) atoms. The van der Waals surface area contributed by atoms with Crippen molar-refractivity contribution < 1.29 is 15.0 Å². The highest BCUT2D eigenvalue weighted by Crippen LogP contribution is 2.20. The molecule has 2 aromatic carbocycles. The van der Waals surface area contributed by atoms with E-state index >= 15 is 0 Å². The molecule has 0 aliphatic heterocycles. The van der Waals surface area contributed by atoms with E-state index in [2.05, 4.69) is 10.3 Å². The maximum atomic E-state index is 11.9. The molecule has 0 unspecified atom stereocenters. The van der Waals surface area contributed by atoms with Gasteiger partial charge >= 0.3 is 5.97 Å². The van der Waals surface area contributed by atoms with Crippen LogP contribution in [-0.2, 0) is 17.6 Å². The lowest BCUT2D eigenvalue weighted by atomic mass is 9.97.